The van der Waals surface area contributed by atoms with Gasteiger partial charge in [-0.2, -0.15) is 0 Å². The van der Waals surface area contributed by atoms with Crippen molar-refractivity contribution in [3.63, 3.8) is 0 Å². The Morgan fingerprint density at radius 1 is 1.45 bits per heavy atom. The summed E-state index contributed by atoms with van der Waals surface area (Å²) in [6.07, 6.45) is 3.69. The van der Waals surface area contributed by atoms with E-state index in [0.29, 0.717) is 12.5 Å². The Balaban J connectivity index is 2.07. The second kappa shape index (κ2) is 5.62. The van der Waals surface area contributed by atoms with Crippen LogP contribution in [0.5, 0.6) is 0 Å². The number of hydrogen-bond acceptors (Lipinski definition) is 5. The van der Waals surface area contributed by atoms with Crippen LogP contribution in [0.2, 0.25) is 0 Å². The van der Waals surface area contributed by atoms with Crippen LogP contribution in [0.3, 0.4) is 0 Å². The topological polar surface area (TPSA) is 64.8 Å². The van der Waals surface area contributed by atoms with E-state index in [-0.39, 0.29) is 17.7 Å². The van der Waals surface area contributed by atoms with Gasteiger partial charge in [-0.15, -0.1) is 0 Å². The van der Waals surface area contributed by atoms with Gasteiger partial charge in [0.15, 0.2) is 0 Å². The van der Waals surface area contributed by atoms with E-state index in [1.807, 2.05) is 0 Å². The third-order valence-corrected chi connectivity index (χ3v) is 4.46. The van der Waals surface area contributed by atoms with Crippen molar-refractivity contribution in [1.29, 1.82) is 0 Å². The molecule has 1 saturated carbocycles. The summed E-state index contributed by atoms with van der Waals surface area (Å²) in [4.78, 5) is 14.4. The Hall–Kier alpha value is -0.650. The minimum atomic E-state index is -0.816. The van der Waals surface area contributed by atoms with Gasteiger partial charge in [0.05, 0.1) is 18.8 Å². The largest absolute Gasteiger partial charge is 0.468 e. The molecule has 0 aromatic heterocycles. The van der Waals surface area contributed by atoms with Crippen molar-refractivity contribution in [1.82, 2.24) is 4.90 Å². The lowest BCUT2D eigenvalue weighted by atomic mass is 9.78. The number of nitrogens with two attached hydrogens (primary N) is 1. The summed E-state index contributed by atoms with van der Waals surface area (Å²) in [6.45, 7) is 8.14. The van der Waals surface area contributed by atoms with Crippen molar-refractivity contribution in [2.24, 2.45) is 5.73 Å². The summed E-state index contributed by atoms with van der Waals surface area (Å²) in [5.41, 5.74) is 5.32. The molecule has 1 heterocycles. The molecule has 0 radical (unpaired) electrons. The maximum absolute atomic E-state index is 11.9. The number of nitrogens with zero attached hydrogens (tertiary/aromatic N) is 1. The Labute approximate surface area is 121 Å². The third kappa shape index (κ3) is 3.32. The summed E-state index contributed by atoms with van der Waals surface area (Å²) in [6, 6.07) is 0.346. The molecule has 1 aliphatic carbocycles. The lowest BCUT2D eigenvalue weighted by molar-refractivity contribution is -0.154. The molecule has 5 heteroatoms. The van der Waals surface area contributed by atoms with Crippen LogP contribution >= 0.6 is 0 Å². The van der Waals surface area contributed by atoms with Gasteiger partial charge in [-0.1, -0.05) is 0 Å². The number of morpholine rings is 1. The molecule has 2 fully saturated rings. The molecule has 1 saturated heterocycles. The van der Waals surface area contributed by atoms with E-state index in [9.17, 15) is 4.79 Å². The highest BCUT2D eigenvalue weighted by Crippen LogP contribution is 2.33. The molecule has 0 bridgehead atoms. The van der Waals surface area contributed by atoms with Gasteiger partial charge in [0.1, 0.15) is 5.54 Å². The molecule has 5 nitrogen and oxygen atoms in total. The molecule has 0 amide bonds. The van der Waals surface area contributed by atoms with Crippen LogP contribution in [-0.4, -0.2) is 54.4 Å². The molecular formula is C15H28N2O3. The normalized spacial score (nSPS) is 38.5. The average Bonchev–Trinajstić information content (AvgIpc) is 2.35. The average molecular weight is 284 g/mol. The Morgan fingerprint density at radius 3 is 2.75 bits per heavy atom. The maximum Gasteiger partial charge on any atom is 0.325 e. The monoisotopic (exact) mass is 284 g/mol. The fourth-order valence-electron chi connectivity index (χ4n) is 3.76. The zero-order valence-electron chi connectivity index (χ0n) is 13.1. The van der Waals surface area contributed by atoms with Gasteiger partial charge in [-0.05, 0) is 46.5 Å². The fourth-order valence-corrected chi connectivity index (χ4v) is 3.76. The lowest BCUT2D eigenvalue weighted by Gasteiger charge is -2.48. The van der Waals surface area contributed by atoms with E-state index in [1.54, 1.807) is 0 Å². The minimum Gasteiger partial charge on any atom is -0.468 e. The van der Waals surface area contributed by atoms with Crippen LogP contribution in [0.4, 0.5) is 0 Å². The molecule has 116 valence electrons. The highest BCUT2D eigenvalue weighted by molar-refractivity contribution is 5.80. The van der Waals surface area contributed by atoms with Crippen LogP contribution in [0.15, 0.2) is 0 Å². The molecular weight excluding hydrogens is 256 g/mol. The van der Waals surface area contributed by atoms with Gasteiger partial charge in [0.25, 0.3) is 0 Å². The standard InChI is InChI=1S/C15H28N2O3/c1-11-9-17(10-14(2,3)20-11)12-6-5-7-15(16,8-12)13(18)19-4/h11-12H,5-10,16H2,1-4H3. The summed E-state index contributed by atoms with van der Waals surface area (Å²) in [7, 11) is 1.42. The zero-order chi connectivity index (χ0) is 15.0. The quantitative estimate of drug-likeness (QED) is 0.774. The van der Waals surface area contributed by atoms with Gasteiger partial charge in [-0.25, -0.2) is 0 Å². The van der Waals surface area contributed by atoms with Crippen LogP contribution in [0.1, 0.15) is 46.5 Å². The smallest absolute Gasteiger partial charge is 0.325 e. The zero-order valence-corrected chi connectivity index (χ0v) is 13.1. The van der Waals surface area contributed by atoms with Crippen molar-refractivity contribution >= 4 is 5.97 Å². The number of carbonyl (C=O) groups excluding carboxylic acids is 1. The summed E-state index contributed by atoms with van der Waals surface area (Å²) < 4.78 is 10.8. The molecule has 2 aliphatic rings. The van der Waals surface area contributed by atoms with Crippen molar-refractivity contribution in [3.8, 4) is 0 Å². The predicted molar refractivity (Wildman–Crippen MR) is 77.4 cm³/mol. The van der Waals surface area contributed by atoms with Crippen molar-refractivity contribution in [3.05, 3.63) is 0 Å². The number of rotatable bonds is 2. The van der Waals surface area contributed by atoms with Crippen LogP contribution in [0, 0.1) is 0 Å². The Morgan fingerprint density at radius 2 is 2.15 bits per heavy atom. The van der Waals surface area contributed by atoms with E-state index in [2.05, 4.69) is 25.7 Å². The number of ether oxygens (including phenoxy) is 2. The SMILES string of the molecule is COC(=O)C1(N)CCCC(N2CC(C)OC(C)(C)C2)C1. The second-order valence-corrected chi connectivity index (χ2v) is 7.02. The second-order valence-electron chi connectivity index (χ2n) is 7.02. The fraction of sp³-hybridized carbons (Fsp3) is 0.933. The van der Waals surface area contributed by atoms with Gasteiger partial charge < -0.3 is 15.2 Å². The van der Waals surface area contributed by atoms with Crippen LogP contribution in [0.25, 0.3) is 0 Å². The van der Waals surface area contributed by atoms with E-state index >= 15 is 0 Å². The molecule has 1 aliphatic heterocycles. The molecule has 2 N–H and O–H groups in total. The first-order valence-corrected chi connectivity index (χ1v) is 7.55. The third-order valence-electron chi connectivity index (χ3n) is 4.46. The van der Waals surface area contributed by atoms with Gasteiger partial charge in [0, 0.05) is 19.1 Å². The molecule has 0 aromatic carbocycles. The Bertz CT molecular complexity index is 372. The van der Waals surface area contributed by atoms with Gasteiger partial charge in [0.2, 0.25) is 0 Å². The molecule has 3 unspecified atom stereocenters. The van der Waals surface area contributed by atoms with E-state index in [4.69, 9.17) is 15.2 Å². The highest BCUT2D eigenvalue weighted by atomic mass is 16.5. The van der Waals surface area contributed by atoms with Gasteiger partial charge in [-0.3, -0.25) is 9.69 Å². The van der Waals surface area contributed by atoms with Gasteiger partial charge >= 0.3 is 5.97 Å². The number of carbonyl (C=O) groups is 1. The molecule has 20 heavy (non-hydrogen) atoms. The van der Waals surface area contributed by atoms with E-state index in [0.717, 1.165) is 32.4 Å². The van der Waals surface area contributed by atoms with Crippen molar-refractivity contribution < 1.29 is 14.3 Å². The maximum atomic E-state index is 11.9. The lowest BCUT2D eigenvalue weighted by Crippen LogP contribution is -2.60. The van der Waals surface area contributed by atoms with E-state index < -0.39 is 5.54 Å². The summed E-state index contributed by atoms with van der Waals surface area (Å²) >= 11 is 0. The highest BCUT2D eigenvalue weighted by Gasteiger charge is 2.44. The molecule has 3 atom stereocenters. The summed E-state index contributed by atoms with van der Waals surface area (Å²) in [5, 5.41) is 0. The first-order chi connectivity index (χ1) is 9.26. The van der Waals surface area contributed by atoms with Crippen LogP contribution in [-0.2, 0) is 14.3 Å². The molecule has 2 rings (SSSR count). The Kier molecular flexibility index (Phi) is 4.42. The predicted octanol–water partition coefficient (Wildman–Crippen LogP) is 1.30. The molecule has 0 spiro atoms. The number of esters is 1. The number of methoxy groups -OCH3 is 1. The summed E-state index contributed by atoms with van der Waals surface area (Å²) in [5.74, 6) is -0.275. The van der Waals surface area contributed by atoms with Crippen LogP contribution < -0.4 is 5.73 Å². The number of hydrogen-bond donors (Lipinski definition) is 1. The minimum absolute atomic E-state index is 0.141. The molecule has 0 aromatic rings. The first kappa shape index (κ1) is 15.7. The van der Waals surface area contributed by atoms with Crippen molar-refractivity contribution in [2.75, 3.05) is 20.2 Å². The van der Waals surface area contributed by atoms with Crippen molar-refractivity contribution in [2.45, 2.75) is 69.7 Å². The van der Waals surface area contributed by atoms with E-state index in [1.165, 1.54) is 7.11 Å². The first-order valence-electron chi connectivity index (χ1n) is 7.55.